The molecule has 1 saturated heterocycles. The number of sulfonamides is 1. The van der Waals surface area contributed by atoms with Crippen LogP contribution in [0.4, 0.5) is 13.2 Å². The highest BCUT2D eigenvalue weighted by Crippen LogP contribution is 2.35. The number of piperidine rings is 1. The highest BCUT2D eigenvalue weighted by molar-refractivity contribution is 7.90. The zero-order valence-electron chi connectivity index (χ0n) is 15.6. The molecule has 1 atom stereocenters. The van der Waals surface area contributed by atoms with Crippen molar-refractivity contribution in [1.29, 1.82) is 0 Å². The molecule has 3 rings (SSSR count). The average Bonchev–Trinajstić information content (AvgIpc) is 2.73. The number of hydrogen-bond acceptors (Lipinski definition) is 5. The smallest absolute Gasteiger partial charge is 0.317 e. The van der Waals surface area contributed by atoms with Crippen molar-refractivity contribution in [2.75, 3.05) is 13.1 Å². The second-order valence-corrected chi connectivity index (χ2v) is 9.86. The SMILES string of the molecule is O=C(NS(=O)(=O)c1cc(S(=O)c2ccccc2)ccc1C(F)(F)F)C1CCNCC1. The Labute approximate surface area is 174 Å². The lowest BCUT2D eigenvalue weighted by Crippen LogP contribution is -2.41. The van der Waals surface area contributed by atoms with Crippen LogP contribution in [0.15, 0.2) is 63.2 Å². The third-order valence-corrected chi connectivity index (χ3v) is 7.43. The molecule has 0 saturated carbocycles. The number of halogens is 3. The van der Waals surface area contributed by atoms with Gasteiger partial charge in [-0.15, -0.1) is 0 Å². The van der Waals surface area contributed by atoms with Crippen LogP contribution in [0, 0.1) is 5.92 Å². The Balaban J connectivity index is 1.99. The quantitative estimate of drug-likeness (QED) is 0.716. The molecule has 0 spiro atoms. The Kier molecular flexibility index (Phi) is 6.63. The van der Waals surface area contributed by atoms with Gasteiger partial charge in [-0.05, 0) is 56.3 Å². The van der Waals surface area contributed by atoms with Gasteiger partial charge in [0.15, 0.2) is 0 Å². The van der Waals surface area contributed by atoms with Gasteiger partial charge in [-0.3, -0.25) is 4.79 Å². The van der Waals surface area contributed by atoms with Gasteiger partial charge in [0.1, 0.15) is 4.90 Å². The van der Waals surface area contributed by atoms with Crippen molar-refractivity contribution in [3.8, 4) is 0 Å². The molecule has 2 N–H and O–H groups in total. The monoisotopic (exact) mass is 460 g/mol. The van der Waals surface area contributed by atoms with E-state index < -0.39 is 49.3 Å². The third-order valence-electron chi connectivity index (χ3n) is 4.66. The first kappa shape index (κ1) is 22.4. The van der Waals surface area contributed by atoms with Crippen LogP contribution in [0.5, 0.6) is 0 Å². The fourth-order valence-electron chi connectivity index (χ4n) is 3.11. The van der Waals surface area contributed by atoms with E-state index in [0.717, 1.165) is 6.07 Å². The molecule has 30 heavy (non-hydrogen) atoms. The van der Waals surface area contributed by atoms with Crippen LogP contribution in [0.25, 0.3) is 0 Å². The molecule has 1 fully saturated rings. The van der Waals surface area contributed by atoms with Crippen LogP contribution >= 0.6 is 0 Å². The topological polar surface area (TPSA) is 92.3 Å². The van der Waals surface area contributed by atoms with Crippen molar-refractivity contribution in [3.63, 3.8) is 0 Å². The number of hydrogen-bond donors (Lipinski definition) is 2. The summed E-state index contributed by atoms with van der Waals surface area (Å²) in [6, 6.07) is 10.2. The molecule has 2 aromatic rings. The number of benzene rings is 2. The maximum absolute atomic E-state index is 13.5. The standard InChI is InChI=1S/C19H19F3N2O4S2/c20-19(21,22)16-7-6-15(29(26)14-4-2-1-3-5-14)12-17(16)30(27,28)24-18(25)13-8-10-23-11-9-13/h1-7,12-13,23H,8-11H2,(H,24,25). The van der Waals surface area contributed by atoms with Gasteiger partial charge in [0.2, 0.25) is 5.91 Å². The molecular weight excluding hydrogens is 441 g/mol. The predicted molar refractivity (Wildman–Crippen MR) is 103 cm³/mol. The highest BCUT2D eigenvalue weighted by Gasteiger charge is 2.38. The normalized spacial score (nSPS) is 16.8. The summed E-state index contributed by atoms with van der Waals surface area (Å²) in [5, 5.41) is 3.02. The Morgan fingerprint density at radius 2 is 1.67 bits per heavy atom. The second kappa shape index (κ2) is 8.86. The molecule has 162 valence electrons. The van der Waals surface area contributed by atoms with Gasteiger partial charge in [0, 0.05) is 15.7 Å². The number of carbonyl (C=O) groups is 1. The minimum Gasteiger partial charge on any atom is -0.317 e. The summed E-state index contributed by atoms with van der Waals surface area (Å²) in [5.74, 6) is -1.46. The van der Waals surface area contributed by atoms with Crippen molar-refractivity contribution in [2.24, 2.45) is 5.92 Å². The summed E-state index contributed by atoms with van der Waals surface area (Å²) in [5.41, 5.74) is -1.43. The van der Waals surface area contributed by atoms with E-state index in [-0.39, 0.29) is 4.90 Å². The molecule has 0 aromatic heterocycles. The van der Waals surface area contributed by atoms with Crippen molar-refractivity contribution >= 4 is 26.7 Å². The first-order chi connectivity index (χ1) is 14.1. The summed E-state index contributed by atoms with van der Waals surface area (Å²) in [6.45, 7) is 1.02. The van der Waals surface area contributed by atoms with E-state index in [9.17, 15) is 30.6 Å². The molecular formula is C19H19F3N2O4S2. The van der Waals surface area contributed by atoms with Crippen LogP contribution in [0.1, 0.15) is 18.4 Å². The molecule has 1 heterocycles. The van der Waals surface area contributed by atoms with E-state index in [2.05, 4.69) is 5.32 Å². The van der Waals surface area contributed by atoms with Gasteiger partial charge in [0.25, 0.3) is 10.0 Å². The number of alkyl halides is 3. The minimum absolute atomic E-state index is 0.121. The molecule has 1 amide bonds. The van der Waals surface area contributed by atoms with Crippen LogP contribution in [0.3, 0.4) is 0 Å². The van der Waals surface area contributed by atoms with Gasteiger partial charge in [0.05, 0.1) is 16.4 Å². The van der Waals surface area contributed by atoms with E-state index in [0.29, 0.717) is 43.0 Å². The van der Waals surface area contributed by atoms with E-state index in [1.54, 1.807) is 22.9 Å². The maximum atomic E-state index is 13.5. The summed E-state index contributed by atoms with van der Waals surface area (Å²) in [6.07, 6.45) is -4.22. The Morgan fingerprint density at radius 1 is 1.03 bits per heavy atom. The van der Waals surface area contributed by atoms with Gasteiger partial charge in [-0.25, -0.2) is 17.3 Å². The van der Waals surface area contributed by atoms with Crippen LogP contribution < -0.4 is 10.0 Å². The van der Waals surface area contributed by atoms with Crippen molar-refractivity contribution in [2.45, 2.75) is 33.7 Å². The number of rotatable bonds is 5. The molecule has 0 bridgehead atoms. The van der Waals surface area contributed by atoms with Crippen LogP contribution in [-0.4, -0.2) is 31.6 Å². The molecule has 0 radical (unpaired) electrons. The van der Waals surface area contributed by atoms with Crippen molar-refractivity contribution in [1.82, 2.24) is 10.0 Å². The summed E-state index contributed by atoms with van der Waals surface area (Å²) < 4.78 is 80.3. The molecule has 2 aromatic carbocycles. The first-order valence-electron chi connectivity index (χ1n) is 9.05. The fourth-order valence-corrected chi connectivity index (χ4v) is 5.57. The van der Waals surface area contributed by atoms with E-state index in [1.807, 2.05) is 0 Å². The Hall–Kier alpha value is -2.24. The number of amides is 1. The second-order valence-electron chi connectivity index (χ2n) is 6.73. The third kappa shape index (κ3) is 5.08. The summed E-state index contributed by atoms with van der Waals surface area (Å²) in [7, 11) is -6.73. The van der Waals surface area contributed by atoms with Crippen molar-refractivity contribution in [3.05, 3.63) is 54.1 Å². The minimum atomic E-state index is -4.98. The largest absolute Gasteiger partial charge is 0.417 e. The molecule has 0 aliphatic carbocycles. The Morgan fingerprint density at radius 3 is 2.27 bits per heavy atom. The molecule has 1 unspecified atom stereocenters. The highest BCUT2D eigenvalue weighted by atomic mass is 32.2. The zero-order valence-corrected chi connectivity index (χ0v) is 17.2. The lowest BCUT2D eigenvalue weighted by Gasteiger charge is -2.22. The lowest BCUT2D eigenvalue weighted by molar-refractivity contribution is -0.140. The zero-order chi connectivity index (χ0) is 21.9. The van der Waals surface area contributed by atoms with Gasteiger partial charge < -0.3 is 5.32 Å². The summed E-state index contributed by atoms with van der Waals surface area (Å²) in [4.78, 5) is 11.4. The summed E-state index contributed by atoms with van der Waals surface area (Å²) >= 11 is 0. The molecule has 1 aliphatic heterocycles. The lowest BCUT2D eigenvalue weighted by atomic mass is 9.98. The van der Waals surface area contributed by atoms with Crippen LogP contribution in [-0.2, 0) is 31.8 Å². The van der Waals surface area contributed by atoms with Gasteiger partial charge >= 0.3 is 6.18 Å². The van der Waals surface area contributed by atoms with E-state index in [4.69, 9.17) is 0 Å². The van der Waals surface area contributed by atoms with Gasteiger partial charge in [-0.1, -0.05) is 18.2 Å². The average molecular weight is 460 g/mol. The number of carbonyl (C=O) groups excluding carboxylic acids is 1. The number of nitrogens with one attached hydrogen (secondary N) is 2. The first-order valence-corrected chi connectivity index (χ1v) is 11.7. The van der Waals surface area contributed by atoms with E-state index in [1.165, 1.54) is 12.1 Å². The molecule has 11 heteroatoms. The molecule has 1 aliphatic rings. The molecule has 6 nitrogen and oxygen atoms in total. The van der Waals surface area contributed by atoms with E-state index >= 15 is 0 Å². The maximum Gasteiger partial charge on any atom is 0.417 e. The van der Waals surface area contributed by atoms with Gasteiger partial charge in [-0.2, -0.15) is 13.2 Å². The van der Waals surface area contributed by atoms with Crippen molar-refractivity contribution < 1.29 is 30.6 Å². The van der Waals surface area contributed by atoms with Crippen LogP contribution in [0.2, 0.25) is 0 Å². The predicted octanol–water partition coefficient (Wildman–Crippen LogP) is 2.68. The fraction of sp³-hybridized carbons (Fsp3) is 0.316. The Bertz CT molecular complexity index is 1050.